The molecule has 3 N–H and O–H groups in total. The Morgan fingerprint density at radius 2 is 2.07 bits per heavy atom. The highest BCUT2D eigenvalue weighted by Gasteiger charge is 2.57. The summed E-state index contributed by atoms with van der Waals surface area (Å²) in [7, 11) is 1.38. The first-order valence-electron chi connectivity index (χ1n) is 8.73. The molecule has 0 aliphatic carbocycles. The third kappa shape index (κ3) is 4.00. The van der Waals surface area contributed by atoms with Gasteiger partial charge in [0.05, 0.1) is 7.11 Å². The molecule has 0 radical (unpaired) electrons. The molecular weight excluding hydrogens is 355 g/mol. The number of rotatable bonds is 5. The number of nitrogens with two attached hydrogens (primary N) is 1. The van der Waals surface area contributed by atoms with Crippen LogP contribution in [0.5, 0.6) is 5.75 Å². The van der Waals surface area contributed by atoms with Crippen LogP contribution in [-0.4, -0.2) is 44.0 Å². The molecule has 2 unspecified atom stereocenters. The molecule has 8 heteroatoms. The van der Waals surface area contributed by atoms with Crippen molar-refractivity contribution in [3.63, 3.8) is 0 Å². The van der Waals surface area contributed by atoms with Gasteiger partial charge in [-0.25, -0.2) is 9.18 Å². The second-order valence-electron chi connectivity index (χ2n) is 7.68. The van der Waals surface area contributed by atoms with Gasteiger partial charge in [0.2, 0.25) is 5.91 Å². The molecule has 1 aromatic carbocycles. The molecule has 1 aliphatic rings. The second-order valence-corrected chi connectivity index (χ2v) is 7.68. The zero-order valence-electron chi connectivity index (χ0n) is 16.3. The lowest BCUT2D eigenvalue weighted by Gasteiger charge is -2.52. The highest BCUT2D eigenvalue weighted by atomic mass is 19.1. The van der Waals surface area contributed by atoms with Gasteiger partial charge in [0, 0.05) is 17.9 Å². The molecule has 0 saturated carbocycles. The van der Waals surface area contributed by atoms with Crippen molar-refractivity contribution < 1.29 is 28.2 Å². The van der Waals surface area contributed by atoms with Gasteiger partial charge in [-0.1, -0.05) is 33.8 Å². The highest BCUT2D eigenvalue weighted by Crippen LogP contribution is 2.48. The summed E-state index contributed by atoms with van der Waals surface area (Å²) in [6.07, 6.45) is -1.60. The predicted octanol–water partition coefficient (Wildman–Crippen LogP) is 2.33. The lowest BCUT2D eigenvalue weighted by atomic mass is 9.64. The molecule has 3 atom stereocenters. The number of benzene rings is 1. The Morgan fingerprint density at radius 1 is 1.41 bits per heavy atom. The van der Waals surface area contributed by atoms with Crippen molar-refractivity contribution >= 4 is 12.0 Å². The van der Waals surface area contributed by atoms with E-state index in [9.17, 15) is 14.0 Å². The Hall–Kier alpha value is -2.35. The largest absolute Gasteiger partial charge is 0.494 e. The van der Waals surface area contributed by atoms with Crippen molar-refractivity contribution in [2.45, 2.75) is 45.3 Å². The number of amides is 2. The monoisotopic (exact) mass is 382 g/mol. The first-order chi connectivity index (χ1) is 12.5. The third-order valence-electron chi connectivity index (χ3n) is 5.14. The molecule has 2 amide bonds. The molecule has 7 nitrogen and oxygen atoms in total. The van der Waals surface area contributed by atoms with E-state index in [2.05, 4.69) is 5.32 Å². The summed E-state index contributed by atoms with van der Waals surface area (Å²) in [4.78, 5) is 23.4. The number of halogens is 1. The topological polar surface area (TPSA) is 99.9 Å². The predicted molar refractivity (Wildman–Crippen MR) is 97.0 cm³/mol. The summed E-state index contributed by atoms with van der Waals surface area (Å²) in [6, 6.07) is 4.47. The number of primary amides is 1. The van der Waals surface area contributed by atoms with E-state index in [-0.39, 0.29) is 24.8 Å². The number of morpholine rings is 1. The lowest BCUT2D eigenvalue weighted by molar-refractivity contribution is -0.186. The smallest absolute Gasteiger partial charge is 0.405 e. The van der Waals surface area contributed by atoms with Crippen molar-refractivity contribution in [1.82, 2.24) is 5.32 Å². The normalized spacial score (nSPS) is 21.0. The van der Waals surface area contributed by atoms with E-state index in [0.717, 1.165) is 0 Å². The molecule has 1 aliphatic heterocycles. The summed E-state index contributed by atoms with van der Waals surface area (Å²) in [5, 5.41) is 2.74. The molecule has 2 rings (SSSR count). The summed E-state index contributed by atoms with van der Waals surface area (Å²) >= 11 is 0. The number of carbonyl (C=O) groups is 2. The number of hydrogen-bond acceptors (Lipinski definition) is 5. The Balaban J connectivity index is 2.59. The zero-order chi connectivity index (χ0) is 20.4. The van der Waals surface area contributed by atoms with Crippen molar-refractivity contribution in [3.8, 4) is 5.75 Å². The van der Waals surface area contributed by atoms with Crippen molar-refractivity contribution in [3.05, 3.63) is 29.6 Å². The molecule has 1 heterocycles. The summed E-state index contributed by atoms with van der Waals surface area (Å²) < 4.78 is 30.4. The third-order valence-corrected chi connectivity index (χ3v) is 5.14. The first kappa shape index (κ1) is 21.0. The SMILES string of the molecule is COc1cc([C@@H](C)C(OC(N)=O)(C2CNC(=O)CO2)C(C)(C)C)ccc1F. The summed E-state index contributed by atoms with van der Waals surface area (Å²) in [5.41, 5.74) is 4.25. The summed E-state index contributed by atoms with van der Waals surface area (Å²) in [5.74, 6) is -1.10. The molecule has 27 heavy (non-hydrogen) atoms. The minimum atomic E-state index is -1.23. The van der Waals surface area contributed by atoms with E-state index in [4.69, 9.17) is 19.9 Å². The van der Waals surface area contributed by atoms with Crippen LogP contribution in [0.3, 0.4) is 0 Å². The molecule has 150 valence electrons. The van der Waals surface area contributed by atoms with Gasteiger partial charge in [0.1, 0.15) is 12.7 Å². The molecular formula is C19H27FN2O5. The number of methoxy groups -OCH3 is 1. The average Bonchev–Trinajstić information content (AvgIpc) is 2.59. The van der Waals surface area contributed by atoms with Gasteiger partial charge in [0.25, 0.3) is 0 Å². The minimum absolute atomic E-state index is 0.0825. The molecule has 1 aromatic rings. The fourth-order valence-corrected chi connectivity index (χ4v) is 3.85. The number of carbonyl (C=O) groups excluding carboxylic acids is 2. The van der Waals surface area contributed by atoms with Crippen molar-refractivity contribution in [2.24, 2.45) is 11.1 Å². The van der Waals surface area contributed by atoms with E-state index in [1.165, 1.54) is 13.2 Å². The first-order valence-corrected chi connectivity index (χ1v) is 8.73. The number of nitrogens with one attached hydrogen (secondary N) is 1. The number of hydrogen-bond donors (Lipinski definition) is 2. The second kappa shape index (κ2) is 7.72. The van der Waals surface area contributed by atoms with Crippen LogP contribution in [0.4, 0.5) is 9.18 Å². The van der Waals surface area contributed by atoms with Crippen LogP contribution >= 0.6 is 0 Å². The van der Waals surface area contributed by atoms with E-state index in [1.54, 1.807) is 12.1 Å². The maximum absolute atomic E-state index is 13.9. The number of ether oxygens (including phenoxy) is 3. The van der Waals surface area contributed by atoms with Crippen molar-refractivity contribution in [2.75, 3.05) is 20.3 Å². The zero-order valence-corrected chi connectivity index (χ0v) is 16.3. The van der Waals surface area contributed by atoms with Crippen molar-refractivity contribution in [1.29, 1.82) is 0 Å². The quantitative estimate of drug-likeness (QED) is 0.814. The Bertz CT molecular complexity index is 709. The molecule has 0 bridgehead atoms. The van der Waals surface area contributed by atoms with Gasteiger partial charge in [-0.2, -0.15) is 0 Å². The molecule has 1 fully saturated rings. The lowest BCUT2D eigenvalue weighted by Crippen LogP contribution is -2.65. The van der Waals surface area contributed by atoms with Crippen LogP contribution < -0.4 is 15.8 Å². The summed E-state index contributed by atoms with van der Waals surface area (Å²) in [6.45, 7) is 7.55. The van der Waals surface area contributed by atoms with Crippen LogP contribution in [-0.2, 0) is 14.3 Å². The average molecular weight is 382 g/mol. The van der Waals surface area contributed by atoms with Gasteiger partial charge >= 0.3 is 6.09 Å². The fraction of sp³-hybridized carbons (Fsp3) is 0.579. The van der Waals surface area contributed by atoms with Gasteiger partial charge in [0.15, 0.2) is 17.2 Å². The molecule has 0 spiro atoms. The van der Waals surface area contributed by atoms with E-state index < -0.39 is 34.9 Å². The van der Waals surface area contributed by atoms with E-state index in [0.29, 0.717) is 5.56 Å². The Labute approximate surface area is 158 Å². The Morgan fingerprint density at radius 3 is 2.56 bits per heavy atom. The maximum atomic E-state index is 13.9. The maximum Gasteiger partial charge on any atom is 0.405 e. The van der Waals surface area contributed by atoms with Gasteiger partial charge in [-0.05, 0) is 17.7 Å². The van der Waals surface area contributed by atoms with Gasteiger partial charge < -0.3 is 25.3 Å². The van der Waals surface area contributed by atoms with E-state index in [1.807, 2.05) is 27.7 Å². The van der Waals surface area contributed by atoms with Crippen LogP contribution in [0, 0.1) is 11.2 Å². The van der Waals surface area contributed by atoms with Gasteiger partial charge in [-0.15, -0.1) is 0 Å². The minimum Gasteiger partial charge on any atom is -0.494 e. The molecule has 1 saturated heterocycles. The highest BCUT2D eigenvalue weighted by molar-refractivity contribution is 5.78. The van der Waals surface area contributed by atoms with E-state index >= 15 is 0 Å². The standard InChI is InChI=1S/C19H27FN2O5/c1-11(12-6-7-13(20)14(8-12)25-5)19(18(2,3)4,27-17(21)24)15-9-22-16(23)10-26-15/h6-8,11,15H,9-10H2,1-5H3,(H2,21,24)(H,22,23)/t11-,15?,19?/m1/s1. The van der Waals surface area contributed by atoms with Crippen LogP contribution in [0.2, 0.25) is 0 Å². The fourth-order valence-electron chi connectivity index (χ4n) is 3.85. The molecule has 0 aromatic heterocycles. The van der Waals surface area contributed by atoms with Crippen LogP contribution in [0.15, 0.2) is 18.2 Å². The van der Waals surface area contributed by atoms with Gasteiger partial charge in [-0.3, -0.25) is 4.79 Å². The van der Waals surface area contributed by atoms with Crippen LogP contribution in [0.25, 0.3) is 0 Å². The van der Waals surface area contributed by atoms with Crippen LogP contribution in [0.1, 0.15) is 39.2 Å². The Kier molecular flexibility index (Phi) is 5.99.